The molecule has 0 atom stereocenters. The molecular weight excluding hydrogens is 456 g/mol. The normalized spacial score (nSPS) is 16.8. The van der Waals surface area contributed by atoms with Crippen molar-refractivity contribution >= 4 is 22.1 Å². The van der Waals surface area contributed by atoms with Crippen molar-refractivity contribution < 1.29 is 48.9 Å². The first-order valence-electron chi connectivity index (χ1n) is 4.57. The van der Waals surface area contributed by atoms with E-state index in [2.05, 4.69) is 13.1 Å². The largest absolute Gasteiger partial charge is 2.00 e. The van der Waals surface area contributed by atoms with Gasteiger partial charge < -0.3 is 18.5 Å². The molecule has 0 aromatic carbocycles. The van der Waals surface area contributed by atoms with Gasteiger partial charge in [-0.2, -0.15) is 5.92 Å². The average Bonchev–Trinajstić information content (AvgIpc) is 2.19. The third-order valence-electron chi connectivity index (χ3n) is 2.01. The van der Waals surface area contributed by atoms with E-state index in [1.807, 2.05) is 0 Å². The van der Waals surface area contributed by atoms with E-state index in [4.69, 9.17) is 9.96 Å². The molecule has 1 saturated carbocycles. The summed E-state index contributed by atoms with van der Waals surface area (Å²) < 4.78 is 26.7. The maximum absolute atomic E-state index is 10.6. The molecular formula is C9H15NO4SU. The molecule has 0 aromatic rings. The van der Waals surface area contributed by atoms with Gasteiger partial charge in [-0.05, 0) is 0 Å². The summed E-state index contributed by atoms with van der Waals surface area (Å²) in [4.78, 5) is 10.6. The van der Waals surface area contributed by atoms with Gasteiger partial charge in [0.25, 0.3) is 0 Å². The van der Waals surface area contributed by atoms with Crippen LogP contribution < -0.4 is 0 Å². The third kappa shape index (κ3) is 10.8. The van der Waals surface area contributed by atoms with Gasteiger partial charge in [-0.3, -0.25) is 9.35 Å². The minimum atomic E-state index is -3.77. The van der Waals surface area contributed by atoms with E-state index in [1.165, 1.54) is 0 Å². The molecule has 0 radical (unpaired) electrons. The van der Waals surface area contributed by atoms with Gasteiger partial charge in [-0.1, -0.05) is 18.6 Å². The summed E-state index contributed by atoms with van der Waals surface area (Å²) in [6.45, 7) is 2.92. The number of carbonyl (C=O) groups excluding carboxylic acids is 1. The second-order valence-electron chi connectivity index (χ2n) is 3.24. The Labute approximate surface area is 120 Å². The molecule has 16 heavy (non-hydrogen) atoms. The average molecular weight is 471 g/mol. The number of ketones is 1. The molecule has 1 aliphatic rings. The molecule has 0 heterocycles. The van der Waals surface area contributed by atoms with Crippen molar-refractivity contribution in [2.24, 2.45) is 5.92 Å². The molecule has 0 aromatic heterocycles. The number of nitrogens with one attached hydrogen (secondary N) is 1. The van der Waals surface area contributed by atoms with Crippen LogP contribution >= 0.6 is 0 Å². The third-order valence-corrected chi connectivity index (χ3v) is 2.52. The van der Waals surface area contributed by atoms with Gasteiger partial charge in [-0.15, -0.1) is 0 Å². The molecule has 0 spiro atoms. The van der Waals surface area contributed by atoms with Crippen molar-refractivity contribution in [3.63, 3.8) is 0 Å². The Kier molecular flexibility index (Phi) is 10.9. The Hall–Kier alpha value is 0.302. The smallest absolute Gasteiger partial charge is 0.518 e. The number of hydrogen-bond acceptors (Lipinski definition) is 4. The first kappa shape index (κ1) is 18.7. The molecule has 90 valence electrons. The number of Topliss-reactive ketones (excluding diaryl/α,β-unsaturated/α-hetero) is 1. The van der Waals surface area contributed by atoms with Crippen molar-refractivity contribution in [1.29, 1.82) is 5.41 Å². The van der Waals surface area contributed by atoms with Crippen molar-refractivity contribution in [2.75, 3.05) is 5.75 Å². The topological polar surface area (TPSA) is 95.3 Å². The van der Waals surface area contributed by atoms with Crippen molar-refractivity contribution in [3.05, 3.63) is 6.92 Å². The molecule has 7 heteroatoms. The predicted octanol–water partition coefficient (Wildman–Crippen LogP) is 0.981. The molecule has 1 fully saturated rings. The van der Waals surface area contributed by atoms with Gasteiger partial charge in [0, 0.05) is 12.8 Å². The van der Waals surface area contributed by atoms with Crippen LogP contribution in [0.4, 0.5) is 0 Å². The SMILES string of the molecule is N=[C-]C1CCC(=O)CC1.[CH2-]CS(=O)(=O)O.[U+2]. The molecule has 0 bridgehead atoms. The molecule has 0 aliphatic heterocycles. The van der Waals surface area contributed by atoms with Gasteiger partial charge in [-0.25, -0.2) is 8.42 Å². The summed E-state index contributed by atoms with van der Waals surface area (Å²) in [5.41, 5.74) is 0. The minimum absolute atomic E-state index is 0. The number of carbonyl (C=O) groups is 1. The van der Waals surface area contributed by atoms with Gasteiger partial charge in [0.2, 0.25) is 10.1 Å². The van der Waals surface area contributed by atoms with Crippen LogP contribution in [0, 0.1) is 49.4 Å². The van der Waals surface area contributed by atoms with E-state index >= 15 is 0 Å². The van der Waals surface area contributed by atoms with Crippen molar-refractivity contribution in [1.82, 2.24) is 0 Å². The fourth-order valence-electron chi connectivity index (χ4n) is 1.08. The first-order valence-corrected chi connectivity index (χ1v) is 6.18. The number of hydrogen-bond donors (Lipinski definition) is 2. The Morgan fingerprint density at radius 3 is 2.06 bits per heavy atom. The Balaban J connectivity index is 0. The van der Waals surface area contributed by atoms with Crippen molar-refractivity contribution in [2.45, 2.75) is 25.7 Å². The summed E-state index contributed by atoms with van der Waals surface area (Å²) in [6, 6.07) is 0. The van der Waals surface area contributed by atoms with Crippen LogP contribution in [0.2, 0.25) is 0 Å². The summed E-state index contributed by atoms with van der Waals surface area (Å²) in [7, 11) is -3.77. The predicted molar refractivity (Wildman–Crippen MR) is 56.5 cm³/mol. The summed E-state index contributed by atoms with van der Waals surface area (Å²) in [5, 5.41) is 6.80. The second kappa shape index (κ2) is 9.34. The van der Waals surface area contributed by atoms with Crippen LogP contribution in [0.25, 0.3) is 0 Å². The summed E-state index contributed by atoms with van der Waals surface area (Å²) in [6.07, 6.45) is 5.45. The van der Waals surface area contributed by atoms with Gasteiger partial charge in [0.05, 0.1) is 0 Å². The molecule has 2 N–H and O–H groups in total. The second-order valence-corrected chi connectivity index (χ2v) is 4.82. The zero-order chi connectivity index (χ0) is 11.9. The van der Waals surface area contributed by atoms with E-state index in [0.29, 0.717) is 18.6 Å². The molecule has 0 unspecified atom stereocenters. The van der Waals surface area contributed by atoms with Gasteiger partial charge in [0.1, 0.15) is 5.78 Å². The van der Waals surface area contributed by atoms with E-state index in [0.717, 1.165) is 12.8 Å². The monoisotopic (exact) mass is 471 g/mol. The van der Waals surface area contributed by atoms with Crippen LogP contribution in [0.1, 0.15) is 25.7 Å². The standard InChI is InChI=1S/C7H10NO.C2H5O3S.U/c8-5-6-1-3-7(9)4-2-6;1-2-6(3,4)5;/h6,8H,1-4H2;1-2H2,(H,3,4,5);/q2*-1;+2. The maximum Gasteiger partial charge on any atom is 2.00 e. The summed E-state index contributed by atoms with van der Waals surface area (Å²) >= 11 is 0. The van der Waals surface area contributed by atoms with Gasteiger partial charge in [0.15, 0.2) is 0 Å². The fraction of sp³-hybridized carbons (Fsp3) is 0.667. The van der Waals surface area contributed by atoms with E-state index in [9.17, 15) is 13.2 Å². The Morgan fingerprint density at radius 1 is 1.44 bits per heavy atom. The Bertz CT molecular complexity index is 305. The molecule has 5 nitrogen and oxygen atoms in total. The van der Waals surface area contributed by atoms with Crippen LogP contribution in [0.15, 0.2) is 0 Å². The quantitative estimate of drug-likeness (QED) is 0.357. The zero-order valence-corrected chi connectivity index (χ0v) is 13.9. The zero-order valence-electron chi connectivity index (χ0n) is 8.90. The molecule has 0 amide bonds. The van der Waals surface area contributed by atoms with Crippen molar-refractivity contribution in [3.8, 4) is 0 Å². The van der Waals surface area contributed by atoms with Crippen LogP contribution in [-0.2, 0) is 14.9 Å². The molecule has 1 aliphatic carbocycles. The van der Waals surface area contributed by atoms with E-state index < -0.39 is 15.9 Å². The summed E-state index contributed by atoms with van der Waals surface area (Å²) in [5.74, 6) is 0.164. The first-order chi connectivity index (χ1) is 6.89. The minimum Gasteiger partial charge on any atom is -0.518 e. The number of rotatable bonds is 2. The van der Waals surface area contributed by atoms with E-state index in [-0.39, 0.29) is 37.0 Å². The van der Waals surface area contributed by atoms with Crippen LogP contribution in [-0.4, -0.2) is 30.7 Å². The maximum atomic E-state index is 10.6. The molecule has 1 rings (SSSR count). The fourth-order valence-corrected chi connectivity index (χ4v) is 1.08. The Morgan fingerprint density at radius 2 is 1.81 bits per heavy atom. The van der Waals surface area contributed by atoms with E-state index in [1.54, 1.807) is 0 Å². The molecule has 0 saturated heterocycles. The van der Waals surface area contributed by atoms with Crippen LogP contribution in [0.3, 0.4) is 0 Å². The van der Waals surface area contributed by atoms with Crippen LogP contribution in [0.5, 0.6) is 0 Å². The van der Waals surface area contributed by atoms with Gasteiger partial charge >= 0.3 is 31.1 Å².